The number of Topliss-reactive ketones (excluding diaryl/α,β-unsaturated/α-hetero) is 1. The predicted molar refractivity (Wildman–Crippen MR) is 70.3 cm³/mol. The molecule has 0 amide bonds. The molecule has 0 aliphatic carbocycles. The molecule has 0 heterocycles. The monoisotopic (exact) mass is 234 g/mol. The molecule has 17 heavy (non-hydrogen) atoms. The third kappa shape index (κ3) is 7.56. The predicted octanol–water partition coefficient (Wildman–Crippen LogP) is 4.00. The minimum absolute atomic E-state index is 0.303. The molecule has 0 radical (unpaired) electrons. The van der Waals surface area contributed by atoms with Crippen molar-refractivity contribution in [3.63, 3.8) is 0 Å². The highest BCUT2D eigenvalue weighted by molar-refractivity contribution is 5.75. The van der Waals surface area contributed by atoms with Gasteiger partial charge in [0.25, 0.3) is 0 Å². The zero-order chi connectivity index (χ0) is 12.3. The summed E-state index contributed by atoms with van der Waals surface area (Å²) in [7, 11) is 0. The first kappa shape index (κ1) is 13.8. The second kappa shape index (κ2) is 8.80. The smallest absolute Gasteiger partial charge is 0.129 e. The van der Waals surface area contributed by atoms with Crippen molar-refractivity contribution in [1.82, 2.24) is 0 Å². The normalized spacial score (nSPS) is 10.2. The number of hydrogen-bond acceptors (Lipinski definition) is 2. The molecule has 0 saturated carbocycles. The maximum atomic E-state index is 10.7. The van der Waals surface area contributed by atoms with Gasteiger partial charge in [-0.05, 0) is 31.9 Å². The molecule has 0 bridgehead atoms. The van der Waals surface area contributed by atoms with Gasteiger partial charge in [-0.1, -0.05) is 37.5 Å². The van der Waals surface area contributed by atoms with E-state index in [1.54, 1.807) is 6.92 Å². The summed E-state index contributed by atoms with van der Waals surface area (Å²) >= 11 is 0. The lowest BCUT2D eigenvalue weighted by molar-refractivity contribution is -0.117. The van der Waals surface area contributed by atoms with Crippen LogP contribution in [0, 0.1) is 0 Å². The number of ketones is 1. The standard InChI is InChI=1S/C15H22O2/c1-14(16)10-6-3-2-4-9-13-17-15-11-7-5-8-12-15/h5,7-8,11-12H,2-4,6,9-10,13H2,1H3. The second-order valence-electron chi connectivity index (χ2n) is 4.38. The van der Waals surface area contributed by atoms with E-state index in [-0.39, 0.29) is 0 Å². The lowest BCUT2D eigenvalue weighted by Gasteiger charge is -2.05. The fourth-order valence-electron chi connectivity index (χ4n) is 1.71. The van der Waals surface area contributed by atoms with Crippen molar-refractivity contribution in [1.29, 1.82) is 0 Å². The van der Waals surface area contributed by atoms with Crippen molar-refractivity contribution in [2.24, 2.45) is 0 Å². The molecule has 0 atom stereocenters. The molecule has 1 aromatic rings. The number of rotatable bonds is 9. The molecule has 0 N–H and O–H groups in total. The summed E-state index contributed by atoms with van der Waals surface area (Å²) in [6, 6.07) is 9.91. The van der Waals surface area contributed by atoms with Crippen LogP contribution in [0.15, 0.2) is 30.3 Å². The molecule has 0 aliphatic rings. The lowest BCUT2D eigenvalue weighted by Crippen LogP contribution is -1.97. The Hall–Kier alpha value is -1.31. The average Bonchev–Trinajstić information content (AvgIpc) is 2.33. The van der Waals surface area contributed by atoms with Crippen LogP contribution < -0.4 is 4.74 Å². The quantitative estimate of drug-likeness (QED) is 0.604. The Bertz CT molecular complexity index is 306. The highest BCUT2D eigenvalue weighted by Crippen LogP contribution is 2.10. The molecule has 0 unspecified atom stereocenters. The topological polar surface area (TPSA) is 26.3 Å². The summed E-state index contributed by atoms with van der Waals surface area (Å²) in [4.78, 5) is 10.7. The molecule has 2 heteroatoms. The van der Waals surface area contributed by atoms with Gasteiger partial charge in [0.1, 0.15) is 11.5 Å². The Labute approximate surface area is 104 Å². The second-order valence-corrected chi connectivity index (χ2v) is 4.38. The van der Waals surface area contributed by atoms with Crippen LogP contribution in [0.4, 0.5) is 0 Å². The molecule has 1 aromatic carbocycles. The van der Waals surface area contributed by atoms with Gasteiger partial charge >= 0.3 is 0 Å². The fourth-order valence-corrected chi connectivity index (χ4v) is 1.71. The van der Waals surface area contributed by atoms with Gasteiger partial charge < -0.3 is 9.53 Å². The summed E-state index contributed by atoms with van der Waals surface area (Å²) in [5, 5.41) is 0. The molecule has 0 spiro atoms. The molecule has 2 nitrogen and oxygen atoms in total. The van der Waals surface area contributed by atoms with Crippen LogP contribution in [-0.4, -0.2) is 12.4 Å². The van der Waals surface area contributed by atoms with Gasteiger partial charge in [-0.15, -0.1) is 0 Å². The summed E-state index contributed by atoms with van der Waals surface area (Å²) in [6.45, 7) is 2.45. The molecule has 1 rings (SSSR count). The first-order chi connectivity index (χ1) is 8.29. The molecule has 0 fully saturated rings. The first-order valence-corrected chi connectivity index (χ1v) is 6.46. The Balaban J connectivity index is 1.90. The third-order valence-corrected chi connectivity index (χ3v) is 2.69. The molecule has 0 saturated heterocycles. The summed E-state index contributed by atoms with van der Waals surface area (Å²) < 4.78 is 5.60. The van der Waals surface area contributed by atoms with Gasteiger partial charge in [0.2, 0.25) is 0 Å². The van der Waals surface area contributed by atoms with E-state index in [0.717, 1.165) is 38.0 Å². The van der Waals surface area contributed by atoms with Crippen LogP contribution in [0.25, 0.3) is 0 Å². The number of para-hydroxylation sites is 1. The van der Waals surface area contributed by atoms with Gasteiger partial charge in [0.15, 0.2) is 0 Å². The van der Waals surface area contributed by atoms with Crippen molar-refractivity contribution in [2.45, 2.75) is 45.4 Å². The number of hydrogen-bond donors (Lipinski definition) is 0. The number of unbranched alkanes of at least 4 members (excludes halogenated alkanes) is 4. The van der Waals surface area contributed by atoms with E-state index in [0.29, 0.717) is 5.78 Å². The Morgan fingerprint density at radius 1 is 1.00 bits per heavy atom. The van der Waals surface area contributed by atoms with Gasteiger partial charge in [0, 0.05) is 6.42 Å². The third-order valence-electron chi connectivity index (χ3n) is 2.69. The van der Waals surface area contributed by atoms with E-state index in [4.69, 9.17) is 4.74 Å². The van der Waals surface area contributed by atoms with Crippen molar-refractivity contribution in [3.05, 3.63) is 30.3 Å². The SMILES string of the molecule is CC(=O)CCCCCCCOc1ccccc1. The van der Waals surface area contributed by atoms with E-state index in [2.05, 4.69) is 0 Å². The summed E-state index contributed by atoms with van der Waals surface area (Å²) in [5.74, 6) is 1.25. The van der Waals surface area contributed by atoms with Crippen LogP contribution in [0.3, 0.4) is 0 Å². The van der Waals surface area contributed by atoms with E-state index in [1.807, 2.05) is 30.3 Å². The van der Waals surface area contributed by atoms with Gasteiger partial charge in [-0.2, -0.15) is 0 Å². The van der Waals surface area contributed by atoms with Crippen LogP contribution in [0.5, 0.6) is 5.75 Å². The number of carbonyl (C=O) groups is 1. The minimum Gasteiger partial charge on any atom is -0.494 e. The largest absolute Gasteiger partial charge is 0.494 e. The number of ether oxygens (including phenoxy) is 1. The molecular weight excluding hydrogens is 212 g/mol. The Morgan fingerprint density at radius 2 is 1.65 bits per heavy atom. The highest BCUT2D eigenvalue weighted by atomic mass is 16.5. The van der Waals surface area contributed by atoms with Crippen LogP contribution in [0.2, 0.25) is 0 Å². The maximum Gasteiger partial charge on any atom is 0.129 e. The maximum absolute atomic E-state index is 10.7. The van der Waals surface area contributed by atoms with E-state index in [1.165, 1.54) is 12.8 Å². The van der Waals surface area contributed by atoms with E-state index >= 15 is 0 Å². The van der Waals surface area contributed by atoms with Crippen molar-refractivity contribution in [2.75, 3.05) is 6.61 Å². The molecular formula is C15H22O2. The van der Waals surface area contributed by atoms with Gasteiger partial charge in [-0.25, -0.2) is 0 Å². The zero-order valence-electron chi connectivity index (χ0n) is 10.7. The van der Waals surface area contributed by atoms with Gasteiger partial charge in [-0.3, -0.25) is 0 Å². The van der Waals surface area contributed by atoms with Crippen molar-refractivity contribution in [3.8, 4) is 5.75 Å². The highest BCUT2D eigenvalue weighted by Gasteiger charge is 1.95. The Morgan fingerprint density at radius 3 is 2.35 bits per heavy atom. The van der Waals surface area contributed by atoms with E-state index < -0.39 is 0 Å². The number of carbonyl (C=O) groups excluding carboxylic acids is 1. The average molecular weight is 234 g/mol. The van der Waals surface area contributed by atoms with Crippen LogP contribution >= 0.6 is 0 Å². The van der Waals surface area contributed by atoms with Crippen molar-refractivity contribution < 1.29 is 9.53 Å². The number of benzene rings is 1. The molecule has 0 aliphatic heterocycles. The summed E-state index contributed by atoms with van der Waals surface area (Å²) in [5.41, 5.74) is 0. The lowest BCUT2D eigenvalue weighted by atomic mass is 10.1. The minimum atomic E-state index is 0.303. The van der Waals surface area contributed by atoms with Crippen LogP contribution in [-0.2, 0) is 4.79 Å². The molecule has 0 aromatic heterocycles. The van der Waals surface area contributed by atoms with Crippen LogP contribution in [0.1, 0.15) is 45.4 Å². The summed E-state index contributed by atoms with van der Waals surface area (Å²) in [6.07, 6.45) is 6.41. The fraction of sp³-hybridized carbons (Fsp3) is 0.533. The van der Waals surface area contributed by atoms with Crippen molar-refractivity contribution >= 4 is 5.78 Å². The molecule has 94 valence electrons. The van der Waals surface area contributed by atoms with E-state index in [9.17, 15) is 4.79 Å². The van der Waals surface area contributed by atoms with Gasteiger partial charge in [0.05, 0.1) is 6.61 Å². The Kier molecular flexibility index (Phi) is 7.12. The zero-order valence-corrected chi connectivity index (χ0v) is 10.7. The first-order valence-electron chi connectivity index (χ1n) is 6.46.